The van der Waals surface area contributed by atoms with E-state index in [0.29, 0.717) is 12.8 Å². The topological polar surface area (TPSA) is 96.0 Å². The predicted octanol–water partition coefficient (Wildman–Crippen LogP) is 1.30. The molecular formula is C15H20O7. The SMILES string of the molecule is CCOC(=O)/C=C\C(=O)OC(C(=O)OC(C)=O)C1CCCC1. The van der Waals surface area contributed by atoms with Crippen LogP contribution in [0, 0.1) is 5.92 Å². The van der Waals surface area contributed by atoms with E-state index in [1.54, 1.807) is 6.92 Å². The predicted molar refractivity (Wildman–Crippen MR) is 74.4 cm³/mol. The first kappa shape index (κ1) is 17.9. The molecule has 0 aromatic carbocycles. The van der Waals surface area contributed by atoms with Crippen molar-refractivity contribution in [2.45, 2.75) is 45.6 Å². The fourth-order valence-corrected chi connectivity index (χ4v) is 2.29. The van der Waals surface area contributed by atoms with Gasteiger partial charge in [0.2, 0.25) is 6.10 Å². The molecule has 7 nitrogen and oxygen atoms in total. The standard InChI is InChI=1S/C15H20O7/c1-3-20-12(17)8-9-13(18)22-14(11-6-4-5-7-11)15(19)21-10(2)16/h8-9,11,14H,3-7H2,1-2H3/b9-8-. The second-order valence-corrected chi connectivity index (χ2v) is 4.90. The summed E-state index contributed by atoms with van der Waals surface area (Å²) >= 11 is 0. The van der Waals surface area contributed by atoms with Gasteiger partial charge in [-0.05, 0) is 19.8 Å². The van der Waals surface area contributed by atoms with Crippen LogP contribution in [0.3, 0.4) is 0 Å². The molecule has 7 heteroatoms. The van der Waals surface area contributed by atoms with Gasteiger partial charge in [-0.2, -0.15) is 0 Å². The molecule has 22 heavy (non-hydrogen) atoms. The van der Waals surface area contributed by atoms with Crippen LogP contribution in [0.1, 0.15) is 39.5 Å². The van der Waals surface area contributed by atoms with Crippen molar-refractivity contribution in [2.75, 3.05) is 6.61 Å². The zero-order valence-corrected chi connectivity index (χ0v) is 12.7. The quantitative estimate of drug-likeness (QED) is 0.315. The van der Waals surface area contributed by atoms with Crippen molar-refractivity contribution >= 4 is 23.9 Å². The number of hydrogen-bond acceptors (Lipinski definition) is 7. The average Bonchev–Trinajstić information content (AvgIpc) is 2.95. The van der Waals surface area contributed by atoms with Gasteiger partial charge in [0.25, 0.3) is 0 Å². The zero-order valence-electron chi connectivity index (χ0n) is 12.7. The van der Waals surface area contributed by atoms with Crippen molar-refractivity contribution in [3.63, 3.8) is 0 Å². The van der Waals surface area contributed by atoms with E-state index in [2.05, 4.69) is 9.47 Å². The van der Waals surface area contributed by atoms with Gasteiger partial charge < -0.3 is 14.2 Å². The summed E-state index contributed by atoms with van der Waals surface area (Å²) in [6.45, 7) is 2.93. The van der Waals surface area contributed by atoms with Gasteiger partial charge in [0.05, 0.1) is 6.61 Å². The summed E-state index contributed by atoms with van der Waals surface area (Å²) in [7, 11) is 0. The third kappa shape index (κ3) is 6.07. The summed E-state index contributed by atoms with van der Waals surface area (Å²) < 4.78 is 14.2. The van der Waals surface area contributed by atoms with Gasteiger partial charge in [0.1, 0.15) is 0 Å². The first-order chi connectivity index (χ1) is 10.4. The maximum atomic E-state index is 11.9. The molecule has 1 aliphatic rings. The van der Waals surface area contributed by atoms with E-state index in [1.165, 1.54) is 0 Å². The summed E-state index contributed by atoms with van der Waals surface area (Å²) in [6, 6.07) is 0. The third-order valence-corrected chi connectivity index (χ3v) is 3.19. The Morgan fingerprint density at radius 2 is 1.68 bits per heavy atom. The van der Waals surface area contributed by atoms with Crippen LogP contribution in [0.15, 0.2) is 12.2 Å². The number of esters is 4. The van der Waals surface area contributed by atoms with E-state index < -0.39 is 30.0 Å². The lowest BCUT2D eigenvalue weighted by Gasteiger charge is -2.20. The van der Waals surface area contributed by atoms with Gasteiger partial charge >= 0.3 is 23.9 Å². The number of ether oxygens (including phenoxy) is 3. The molecule has 1 rings (SSSR count). The van der Waals surface area contributed by atoms with E-state index in [1.807, 2.05) is 0 Å². The van der Waals surface area contributed by atoms with Crippen molar-refractivity contribution in [2.24, 2.45) is 5.92 Å². The fraction of sp³-hybridized carbons (Fsp3) is 0.600. The molecule has 0 heterocycles. The lowest BCUT2D eigenvalue weighted by molar-refractivity contribution is -0.174. The molecule has 0 aromatic heterocycles. The van der Waals surface area contributed by atoms with E-state index in [-0.39, 0.29) is 12.5 Å². The second kappa shape index (κ2) is 8.96. The average molecular weight is 312 g/mol. The maximum absolute atomic E-state index is 11.9. The highest BCUT2D eigenvalue weighted by Crippen LogP contribution is 2.30. The lowest BCUT2D eigenvalue weighted by atomic mass is 10.0. The third-order valence-electron chi connectivity index (χ3n) is 3.19. The first-order valence-corrected chi connectivity index (χ1v) is 7.21. The van der Waals surface area contributed by atoms with Crippen LogP contribution in [-0.4, -0.2) is 36.6 Å². The van der Waals surface area contributed by atoms with Gasteiger partial charge in [-0.1, -0.05) is 12.8 Å². The van der Waals surface area contributed by atoms with E-state index in [4.69, 9.17) is 4.74 Å². The minimum Gasteiger partial charge on any atom is -0.463 e. The molecule has 1 fully saturated rings. The molecule has 1 aliphatic carbocycles. The number of carbonyl (C=O) groups excluding carboxylic acids is 4. The van der Waals surface area contributed by atoms with Crippen molar-refractivity contribution in [1.29, 1.82) is 0 Å². The van der Waals surface area contributed by atoms with Crippen molar-refractivity contribution in [1.82, 2.24) is 0 Å². The summed E-state index contributed by atoms with van der Waals surface area (Å²) in [5.74, 6) is -3.34. The molecule has 1 saturated carbocycles. The van der Waals surface area contributed by atoms with E-state index in [0.717, 1.165) is 31.9 Å². The number of rotatable bonds is 6. The van der Waals surface area contributed by atoms with Gasteiger partial charge in [0.15, 0.2) is 0 Å². The summed E-state index contributed by atoms with van der Waals surface area (Å²) in [5, 5.41) is 0. The first-order valence-electron chi connectivity index (χ1n) is 7.21. The van der Waals surface area contributed by atoms with Crippen LogP contribution in [0.25, 0.3) is 0 Å². The van der Waals surface area contributed by atoms with E-state index in [9.17, 15) is 19.2 Å². The molecule has 0 bridgehead atoms. The second-order valence-electron chi connectivity index (χ2n) is 4.90. The Hall–Kier alpha value is -2.18. The van der Waals surface area contributed by atoms with Crippen LogP contribution < -0.4 is 0 Å². The largest absolute Gasteiger partial charge is 0.463 e. The minimum atomic E-state index is -1.13. The van der Waals surface area contributed by atoms with Crippen LogP contribution >= 0.6 is 0 Å². The maximum Gasteiger partial charge on any atom is 0.355 e. The lowest BCUT2D eigenvalue weighted by Crippen LogP contribution is -2.35. The van der Waals surface area contributed by atoms with Crippen molar-refractivity contribution in [3.05, 3.63) is 12.2 Å². The molecule has 0 aromatic rings. The minimum absolute atomic E-state index is 0.174. The summed E-state index contributed by atoms with van der Waals surface area (Å²) in [6.07, 6.45) is 3.95. The Kier molecular flexibility index (Phi) is 7.28. The van der Waals surface area contributed by atoms with Gasteiger partial charge in [-0.3, -0.25) is 4.79 Å². The van der Waals surface area contributed by atoms with Crippen molar-refractivity contribution in [3.8, 4) is 0 Å². The molecule has 1 atom stereocenters. The highest BCUT2D eigenvalue weighted by Gasteiger charge is 2.35. The van der Waals surface area contributed by atoms with Crippen LogP contribution in [-0.2, 0) is 33.4 Å². The highest BCUT2D eigenvalue weighted by atomic mass is 16.6. The highest BCUT2D eigenvalue weighted by molar-refractivity contribution is 5.93. The molecule has 0 aliphatic heterocycles. The molecule has 0 saturated heterocycles. The molecule has 122 valence electrons. The Morgan fingerprint density at radius 3 is 2.23 bits per heavy atom. The Bertz CT molecular complexity index is 461. The monoisotopic (exact) mass is 312 g/mol. The van der Waals surface area contributed by atoms with Gasteiger partial charge in [-0.15, -0.1) is 0 Å². The molecule has 0 spiro atoms. The molecule has 0 N–H and O–H groups in total. The smallest absolute Gasteiger partial charge is 0.355 e. The van der Waals surface area contributed by atoms with Gasteiger partial charge in [-0.25, -0.2) is 14.4 Å². The summed E-state index contributed by atoms with van der Waals surface area (Å²) in [4.78, 5) is 45.6. The van der Waals surface area contributed by atoms with Crippen LogP contribution in [0.5, 0.6) is 0 Å². The number of carbonyl (C=O) groups is 4. The molecule has 0 radical (unpaired) electrons. The number of hydrogen-bond donors (Lipinski definition) is 0. The Labute approximate surface area is 128 Å². The fourth-order valence-electron chi connectivity index (χ4n) is 2.29. The zero-order chi connectivity index (χ0) is 16.5. The molecule has 0 amide bonds. The van der Waals surface area contributed by atoms with Crippen LogP contribution in [0.2, 0.25) is 0 Å². The Morgan fingerprint density at radius 1 is 1.09 bits per heavy atom. The molecule has 1 unspecified atom stereocenters. The van der Waals surface area contributed by atoms with Crippen LogP contribution in [0.4, 0.5) is 0 Å². The Balaban J connectivity index is 2.67. The van der Waals surface area contributed by atoms with Gasteiger partial charge in [0, 0.05) is 25.0 Å². The normalized spacial score (nSPS) is 16.3. The van der Waals surface area contributed by atoms with E-state index >= 15 is 0 Å². The van der Waals surface area contributed by atoms with Crippen molar-refractivity contribution < 1.29 is 33.4 Å². The molecular weight excluding hydrogens is 292 g/mol. The summed E-state index contributed by atoms with van der Waals surface area (Å²) in [5.41, 5.74) is 0.